The second kappa shape index (κ2) is 6.52. The van der Waals surface area contributed by atoms with E-state index in [1.165, 1.54) is 25.7 Å². The Morgan fingerprint density at radius 3 is 2.76 bits per heavy atom. The van der Waals surface area contributed by atoms with Crippen LogP contribution in [-0.2, 0) is 7.05 Å². The normalized spacial score (nSPS) is 15.0. The third-order valence-electron chi connectivity index (χ3n) is 4.72. The molecule has 0 unspecified atom stereocenters. The van der Waals surface area contributed by atoms with Crippen LogP contribution in [0.4, 0.5) is 17.5 Å². The van der Waals surface area contributed by atoms with Gasteiger partial charge in [0.1, 0.15) is 5.82 Å². The summed E-state index contributed by atoms with van der Waals surface area (Å²) < 4.78 is 1.77. The van der Waals surface area contributed by atoms with Crippen molar-refractivity contribution in [2.75, 3.05) is 10.6 Å². The molecule has 6 nitrogen and oxygen atoms in total. The highest BCUT2D eigenvalue weighted by Gasteiger charge is 2.18. The number of fused-ring (bicyclic) bond motifs is 1. The minimum atomic E-state index is 0.451. The van der Waals surface area contributed by atoms with Gasteiger partial charge in [0.15, 0.2) is 5.65 Å². The average Bonchev–Trinajstić information content (AvgIpc) is 3.22. The zero-order valence-corrected chi connectivity index (χ0v) is 15.1. The second-order valence-electron chi connectivity index (χ2n) is 6.62. The molecule has 3 aromatic rings. The zero-order valence-electron chi connectivity index (χ0n) is 14.4. The minimum absolute atomic E-state index is 0.451. The lowest BCUT2D eigenvalue weighted by molar-refractivity contribution is 0.742. The van der Waals surface area contributed by atoms with Crippen LogP contribution in [0.2, 0.25) is 5.02 Å². The van der Waals surface area contributed by atoms with Gasteiger partial charge in [0.2, 0.25) is 5.95 Å². The van der Waals surface area contributed by atoms with Crippen molar-refractivity contribution >= 4 is 40.1 Å². The van der Waals surface area contributed by atoms with Gasteiger partial charge < -0.3 is 10.6 Å². The van der Waals surface area contributed by atoms with Gasteiger partial charge in [-0.05, 0) is 37.5 Å². The highest BCUT2D eigenvalue weighted by molar-refractivity contribution is 6.31. The fourth-order valence-electron chi connectivity index (χ4n) is 3.24. The van der Waals surface area contributed by atoms with E-state index >= 15 is 0 Å². The summed E-state index contributed by atoms with van der Waals surface area (Å²) in [5.74, 6) is 1.38. The Kier molecular flexibility index (Phi) is 4.21. The van der Waals surface area contributed by atoms with E-state index in [9.17, 15) is 0 Å². The van der Waals surface area contributed by atoms with Crippen molar-refractivity contribution in [3.63, 3.8) is 0 Å². The number of halogens is 1. The van der Waals surface area contributed by atoms with Crippen LogP contribution in [0.5, 0.6) is 0 Å². The lowest BCUT2D eigenvalue weighted by Gasteiger charge is -2.14. The van der Waals surface area contributed by atoms with Crippen molar-refractivity contribution in [2.24, 2.45) is 7.05 Å². The third kappa shape index (κ3) is 3.26. The first-order chi connectivity index (χ1) is 12.1. The van der Waals surface area contributed by atoms with Crippen molar-refractivity contribution in [3.8, 4) is 0 Å². The first-order valence-electron chi connectivity index (χ1n) is 8.59. The molecule has 0 amide bonds. The largest absolute Gasteiger partial charge is 0.351 e. The lowest BCUT2D eigenvalue weighted by Crippen LogP contribution is -2.17. The number of nitrogens with zero attached hydrogens (tertiary/aromatic N) is 4. The van der Waals surface area contributed by atoms with Gasteiger partial charge in [0.05, 0.1) is 11.6 Å². The molecule has 4 rings (SSSR count). The summed E-state index contributed by atoms with van der Waals surface area (Å²) >= 11 is 6.25. The predicted octanol–water partition coefficient (Wildman–Crippen LogP) is 4.42. The van der Waals surface area contributed by atoms with Crippen LogP contribution in [0.15, 0.2) is 24.4 Å². The van der Waals surface area contributed by atoms with E-state index in [-0.39, 0.29) is 0 Å². The quantitative estimate of drug-likeness (QED) is 0.724. The van der Waals surface area contributed by atoms with Gasteiger partial charge in [0, 0.05) is 23.8 Å². The molecular weight excluding hydrogens is 336 g/mol. The lowest BCUT2D eigenvalue weighted by atomic mass is 10.2. The number of anilines is 3. The third-order valence-corrected chi connectivity index (χ3v) is 5.12. The molecule has 0 bridgehead atoms. The van der Waals surface area contributed by atoms with Gasteiger partial charge in [-0.2, -0.15) is 15.1 Å². The van der Waals surface area contributed by atoms with E-state index in [2.05, 4.69) is 20.7 Å². The molecule has 2 N–H and O–H groups in total. The number of nitrogens with one attached hydrogen (secondary N) is 2. The van der Waals surface area contributed by atoms with E-state index in [1.807, 2.05) is 32.2 Å². The fraction of sp³-hybridized carbons (Fsp3) is 0.389. The monoisotopic (exact) mass is 356 g/mol. The maximum absolute atomic E-state index is 6.25. The first kappa shape index (κ1) is 16.1. The summed E-state index contributed by atoms with van der Waals surface area (Å²) in [6, 6.07) is 6.34. The fourth-order valence-corrected chi connectivity index (χ4v) is 3.42. The van der Waals surface area contributed by atoms with Crippen LogP contribution in [0, 0.1) is 6.92 Å². The summed E-state index contributed by atoms with van der Waals surface area (Å²) in [6.45, 7) is 1.99. The Labute approximate surface area is 151 Å². The van der Waals surface area contributed by atoms with E-state index in [1.54, 1.807) is 10.9 Å². The van der Waals surface area contributed by atoms with Crippen molar-refractivity contribution < 1.29 is 0 Å². The molecule has 1 aliphatic carbocycles. The molecule has 0 spiro atoms. The Morgan fingerprint density at radius 2 is 2.00 bits per heavy atom. The van der Waals surface area contributed by atoms with Gasteiger partial charge in [0.25, 0.3) is 0 Å². The molecule has 0 aliphatic heterocycles. The van der Waals surface area contributed by atoms with E-state index in [0.717, 1.165) is 33.1 Å². The molecule has 25 heavy (non-hydrogen) atoms. The first-order valence-corrected chi connectivity index (χ1v) is 8.97. The molecule has 2 heterocycles. The summed E-state index contributed by atoms with van der Waals surface area (Å²) in [6.07, 6.45) is 6.65. The van der Waals surface area contributed by atoms with E-state index in [0.29, 0.717) is 12.0 Å². The Bertz CT molecular complexity index is 913. The van der Waals surface area contributed by atoms with Gasteiger partial charge in [-0.25, -0.2) is 0 Å². The van der Waals surface area contributed by atoms with Crippen molar-refractivity contribution in [1.29, 1.82) is 0 Å². The maximum atomic E-state index is 6.25. The molecule has 2 aromatic heterocycles. The van der Waals surface area contributed by atoms with E-state index < -0.39 is 0 Å². The van der Waals surface area contributed by atoms with Crippen LogP contribution in [0.25, 0.3) is 11.0 Å². The van der Waals surface area contributed by atoms with Gasteiger partial charge in [-0.1, -0.05) is 30.5 Å². The summed E-state index contributed by atoms with van der Waals surface area (Å²) in [4.78, 5) is 9.34. The summed E-state index contributed by atoms with van der Waals surface area (Å²) in [5, 5.41) is 12.8. The number of hydrogen-bond donors (Lipinski definition) is 2. The van der Waals surface area contributed by atoms with Crippen molar-refractivity contribution in [2.45, 2.75) is 38.6 Å². The molecule has 0 saturated heterocycles. The average molecular weight is 357 g/mol. The number of aryl methyl sites for hydroxylation is 2. The van der Waals surface area contributed by atoms with Crippen LogP contribution >= 0.6 is 11.6 Å². The summed E-state index contributed by atoms with van der Waals surface area (Å²) in [7, 11) is 1.89. The summed E-state index contributed by atoms with van der Waals surface area (Å²) in [5.41, 5.74) is 2.74. The topological polar surface area (TPSA) is 67.7 Å². The van der Waals surface area contributed by atoms with Gasteiger partial charge in [-0.3, -0.25) is 4.68 Å². The van der Waals surface area contributed by atoms with Crippen LogP contribution < -0.4 is 10.6 Å². The molecule has 130 valence electrons. The molecule has 1 saturated carbocycles. The molecule has 1 fully saturated rings. The standard InChI is InChI=1S/C18H21ClN6/c1-11-7-8-13(9-15(11)19)21-16-14-10-20-25(2)17(14)24-18(23-16)22-12-5-3-4-6-12/h7-10,12H,3-6H2,1-2H3,(H2,21,22,23,24). The second-order valence-corrected chi connectivity index (χ2v) is 7.02. The van der Waals surface area contributed by atoms with Crippen LogP contribution in [-0.4, -0.2) is 25.8 Å². The van der Waals surface area contributed by atoms with Crippen molar-refractivity contribution in [1.82, 2.24) is 19.7 Å². The molecule has 0 radical (unpaired) electrons. The molecule has 1 aliphatic rings. The Balaban J connectivity index is 1.71. The van der Waals surface area contributed by atoms with Crippen molar-refractivity contribution in [3.05, 3.63) is 35.0 Å². The van der Waals surface area contributed by atoms with Crippen LogP contribution in [0.3, 0.4) is 0 Å². The SMILES string of the molecule is Cc1ccc(Nc2nc(NC3CCCC3)nc3c2cnn3C)cc1Cl. The number of hydrogen-bond acceptors (Lipinski definition) is 5. The highest BCUT2D eigenvalue weighted by Crippen LogP contribution is 2.28. The number of rotatable bonds is 4. The maximum Gasteiger partial charge on any atom is 0.226 e. The number of benzene rings is 1. The predicted molar refractivity (Wildman–Crippen MR) is 102 cm³/mol. The van der Waals surface area contributed by atoms with Crippen LogP contribution in [0.1, 0.15) is 31.2 Å². The zero-order chi connectivity index (χ0) is 17.4. The van der Waals surface area contributed by atoms with Gasteiger partial charge >= 0.3 is 0 Å². The van der Waals surface area contributed by atoms with Gasteiger partial charge in [-0.15, -0.1) is 0 Å². The molecular formula is C18H21ClN6. The smallest absolute Gasteiger partial charge is 0.226 e. The molecule has 7 heteroatoms. The molecule has 0 atom stereocenters. The molecule has 1 aromatic carbocycles. The highest BCUT2D eigenvalue weighted by atomic mass is 35.5. The number of aromatic nitrogens is 4. The minimum Gasteiger partial charge on any atom is -0.351 e. The van der Waals surface area contributed by atoms with E-state index in [4.69, 9.17) is 16.6 Å². The Morgan fingerprint density at radius 1 is 1.20 bits per heavy atom. The Hall–Kier alpha value is -2.34.